The van der Waals surface area contributed by atoms with Gasteiger partial charge in [0.05, 0.1) is 5.56 Å². The number of amides is 1. The van der Waals surface area contributed by atoms with E-state index in [9.17, 15) is 9.00 Å². The molecular formula is C13H18N2O2S2. The maximum atomic E-state index is 12.0. The van der Waals surface area contributed by atoms with Crippen molar-refractivity contribution < 1.29 is 9.00 Å². The minimum Gasteiger partial charge on any atom is -0.278 e. The number of rotatable bonds is 0. The minimum atomic E-state index is -1.48. The van der Waals surface area contributed by atoms with Crippen molar-refractivity contribution in [1.82, 2.24) is 4.72 Å². The van der Waals surface area contributed by atoms with E-state index in [1.807, 2.05) is 0 Å². The number of thiophene rings is 1. The summed E-state index contributed by atoms with van der Waals surface area (Å²) in [6.45, 7) is 6.82. The summed E-state index contributed by atoms with van der Waals surface area (Å²) < 4.78 is 16.7. The third-order valence-corrected chi connectivity index (χ3v) is 6.15. The van der Waals surface area contributed by atoms with Crippen LogP contribution < -0.4 is 9.44 Å². The van der Waals surface area contributed by atoms with Gasteiger partial charge in [-0.3, -0.25) is 14.2 Å². The molecule has 2 N–H and O–H groups in total. The fraction of sp³-hybridized carbons (Fsp3) is 0.615. The summed E-state index contributed by atoms with van der Waals surface area (Å²) >= 11 is 0.125. The summed E-state index contributed by atoms with van der Waals surface area (Å²) in [5.41, 5.74) is 2.19. The number of anilines is 1. The highest BCUT2D eigenvalue weighted by molar-refractivity contribution is 7.85. The maximum Gasteiger partial charge on any atom is 0.267 e. The fourth-order valence-corrected chi connectivity index (χ4v) is 5.04. The summed E-state index contributed by atoms with van der Waals surface area (Å²) in [6.07, 6.45) is 3.10. The molecule has 6 heteroatoms. The van der Waals surface area contributed by atoms with Crippen LogP contribution in [0.5, 0.6) is 0 Å². The van der Waals surface area contributed by atoms with Gasteiger partial charge >= 0.3 is 0 Å². The van der Waals surface area contributed by atoms with Crippen LogP contribution in [0.15, 0.2) is 0 Å². The van der Waals surface area contributed by atoms with Crippen molar-refractivity contribution >= 4 is 33.4 Å². The normalized spacial score (nSPS) is 26.2. The molecule has 2 heterocycles. The second-order valence-electron chi connectivity index (χ2n) is 6.32. The van der Waals surface area contributed by atoms with E-state index in [0.717, 1.165) is 29.8 Å². The topological polar surface area (TPSA) is 58.2 Å². The Morgan fingerprint density at radius 2 is 2.05 bits per heavy atom. The van der Waals surface area contributed by atoms with Gasteiger partial charge in [-0.25, -0.2) is 4.21 Å². The Kier molecular flexibility index (Phi) is 2.98. The van der Waals surface area contributed by atoms with Crippen molar-refractivity contribution in [1.29, 1.82) is 0 Å². The van der Waals surface area contributed by atoms with Crippen molar-refractivity contribution in [2.45, 2.75) is 40.0 Å². The molecule has 0 bridgehead atoms. The van der Waals surface area contributed by atoms with Crippen LogP contribution in [0, 0.1) is 11.3 Å². The maximum absolute atomic E-state index is 12.0. The van der Waals surface area contributed by atoms with Crippen molar-refractivity contribution in [3.05, 3.63) is 16.0 Å². The van der Waals surface area contributed by atoms with E-state index < -0.39 is 11.2 Å². The van der Waals surface area contributed by atoms with E-state index in [-0.39, 0.29) is 5.91 Å². The minimum absolute atomic E-state index is 0.196. The number of hydrogen-bond donors (Lipinski definition) is 2. The predicted octanol–water partition coefficient (Wildman–Crippen LogP) is 2.63. The summed E-state index contributed by atoms with van der Waals surface area (Å²) in [4.78, 5) is 13.3. The van der Waals surface area contributed by atoms with E-state index >= 15 is 0 Å². The predicted molar refractivity (Wildman–Crippen MR) is 78.5 cm³/mol. The molecule has 3 rings (SSSR count). The Hall–Kier alpha value is -0.880. The molecule has 0 unspecified atom stereocenters. The van der Waals surface area contributed by atoms with Gasteiger partial charge < -0.3 is 0 Å². The lowest BCUT2D eigenvalue weighted by atomic mass is 9.72. The van der Waals surface area contributed by atoms with Crippen LogP contribution in [-0.2, 0) is 24.0 Å². The van der Waals surface area contributed by atoms with Crippen LogP contribution in [-0.4, -0.2) is 10.1 Å². The van der Waals surface area contributed by atoms with Gasteiger partial charge in [0.2, 0.25) is 11.2 Å². The molecule has 1 aromatic heterocycles. The average Bonchev–Trinajstić information content (AvgIpc) is 2.64. The van der Waals surface area contributed by atoms with Crippen LogP contribution in [0.2, 0.25) is 0 Å². The molecule has 1 aliphatic carbocycles. The lowest BCUT2D eigenvalue weighted by molar-refractivity contribution is 0.0981. The highest BCUT2D eigenvalue weighted by Gasteiger charge is 2.35. The first-order valence-electron chi connectivity index (χ1n) is 6.50. The van der Waals surface area contributed by atoms with E-state index in [2.05, 4.69) is 30.2 Å². The monoisotopic (exact) mass is 298 g/mol. The largest absolute Gasteiger partial charge is 0.278 e. The molecule has 104 valence electrons. The summed E-state index contributed by atoms with van der Waals surface area (Å²) in [6, 6.07) is 0. The highest BCUT2D eigenvalue weighted by atomic mass is 32.2. The number of nitrogens with one attached hydrogen (secondary N) is 2. The van der Waals surface area contributed by atoms with E-state index in [1.165, 1.54) is 10.4 Å². The zero-order valence-corrected chi connectivity index (χ0v) is 13.0. The van der Waals surface area contributed by atoms with Gasteiger partial charge in [0.25, 0.3) is 5.91 Å². The molecule has 2 atom stereocenters. The fourth-order valence-electron chi connectivity index (χ4n) is 2.88. The molecule has 0 spiro atoms. The SMILES string of the molecule is CC(C)(C)[C@H]1CCc2c(sc3c2C(=O)N[S@](=O)N3)C1. The molecule has 0 fully saturated rings. The Balaban J connectivity index is 1.99. The van der Waals surface area contributed by atoms with Crippen LogP contribution >= 0.6 is 11.3 Å². The molecule has 0 saturated carbocycles. The molecule has 0 aromatic carbocycles. The second-order valence-corrected chi connectivity index (χ2v) is 8.37. The molecule has 1 aromatic rings. The van der Waals surface area contributed by atoms with E-state index in [0.29, 0.717) is 11.3 Å². The number of carbonyl (C=O) groups excluding carboxylic acids is 1. The Labute approximate surface area is 119 Å². The standard InChI is InChI=1S/C13H18N2O2S2/c1-13(2,3)7-4-5-8-9(6-7)18-12-10(8)11(16)14-19(17)15-12/h7,15H,4-6H2,1-3H3,(H,14,16)/t7-,19-/m0/s1. The summed E-state index contributed by atoms with van der Waals surface area (Å²) in [7, 11) is 0. The van der Waals surface area contributed by atoms with Gasteiger partial charge in [-0.05, 0) is 36.2 Å². The Bertz CT molecular complexity index is 572. The van der Waals surface area contributed by atoms with E-state index in [4.69, 9.17) is 0 Å². The number of fused-ring (bicyclic) bond motifs is 3. The third kappa shape index (κ3) is 2.21. The number of carbonyl (C=O) groups is 1. The highest BCUT2D eigenvalue weighted by Crippen LogP contribution is 2.44. The van der Waals surface area contributed by atoms with Gasteiger partial charge in [-0.15, -0.1) is 11.3 Å². The van der Waals surface area contributed by atoms with Crippen molar-refractivity contribution in [2.24, 2.45) is 11.3 Å². The second kappa shape index (κ2) is 4.31. The smallest absolute Gasteiger partial charge is 0.267 e. The van der Waals surface area contributed by atoms with E-state index in [1.54, 1.807) is 11.3 Å². The first-order chi connectivity index (χ1) is 8.86. The van der Waals surface area contributed by atoms with Gasteiger partial charge in [-0.2, -0.15) is 0 Å². The van der Waals surface area contributed by atoms with Crippen molar-refractivity contribution in [3.8, 4) is 0 Å². The first-order valence-corrected chi connectivity index (χ1v) is 8.47. The van der Waals surface area contributed by atoms with Gasteiger partial charge in [0.15, 0.2) is 0 Å². The Morgan fingerprint density at radius 3 is 2.74 bits per heavy atom. The Morgan fingerprint density at radius 1 is 1.32 bits per heavy atom. The van der Waals surface area contributed by atoms with Gasteiger partial charge in [0.1, 0.15) is 5.00 Å². The number of hydrogen-bond acceptors (Lipinski definition) is 3. The summed E-state index contributed by atoms with van der Waals surface area (Å²) in [5.74, 6) is 0.451. The molecule has 0 saturated heterocycles. The zero-order chi connectivity index (χ0) is 13.8. The molecule has 0 radical (unpaired) electrons. The average molecular weight is 298 g/mol. The molecule has 19 heavy (non-hydrogen) atoms. The van der Waals surface area contributed by atoms with Crippen LogP contribution in [0.25, 0.3) is 0 Å². The van der Waals surface area contributed by atoms with Crippen LogP contribution in [0.1, 0.15) is 48.0 Å². The lowest BCUT2D eigenvalue weighted by Crippen LogP contribution is -2.35. The van der Waals surface area contributed by atoms with Crippen LogP contribution in [0.3, 0.4) is 0 Å². The summed E-state index contributed by atoms with van der Waals surface area (Å²) in [5, 5.41) is 0.779. The van der Waals surface area contributed by atoms with Gasteiger partial charge in [-0.1, -0.05) is 20.8 Å². The van der Waals surface area contributed by atoms with Crippen molar-refractivity contribution in [2.75, 3.05) is 4.72 Å². The molecule has 4 nitrogen and oxygen atoms in total. The molecular weight excluding hydrogens is 280 g/mol. The molecule has 1 amide bonds. The molecule has 2 aliphatic rings. The quantitative estimate of drug-likeness (QED) is 0.773. The first kappa shape index (κ1) is 13.1. The van der Waals surface area contributed by atoms with Gasteiger partial charge in [0, 0.05) is 4.88 Å². The van der Waals surface area contributed by atoms with Crippen LogP contribution in [0.4, 0.5) is 5.00 Å². The third-order valence-electron chi connectivity index (χ3n) is 4.09. The van der Waals surface area contributed by atoms with Crippen molar-refractivity contribution in [3.63, 3.8) is 0 Å². The lowest BCUT2D eigenvalue weighted by Gasteiger charge is -2.33. The zero-order valence-electron chi connectivity index (χ0n) is 11.3. The molecule has 1 aliphatic heterocycles.